The van der Waals surface area contributed by atoms with E-state index in [1.54, 1.807) is 30.3 Å². The number of nitrogen functional groups attached to an aromatic ring is 1. The van der Waals surface area contributed by atoms with Crippen LogP contribution < -0.4 is 11.3 Å². The molecule has 0 unspecified atom stereocenters. The summed E-state index contributed by atoms with van der Waals surface area (Å²) in [6.45, 7) is 0.272. The van der Waals surface area contributed by atoms with E-state index in [2.05, 4.69) is 4.98 Å². The summed E-state index contributed by atoms with van der Waals surface area (Å²) in [5, 5.41) is 0.462. The topological polar surface area (TPSA) is 60.9 Å². The summed E-state index contributed by atoms with van der Waals surface area (Å²) in [5.41, 5.74) is 7.32. The normalized spacial score (nSPS) is 10.8. The van der Waals surface area contributed by atoms with Gasteiger partial charge in [0.15, 0.2) is 0 Å². The number of nitrogens with two attached hydrogens (primary N) is 1. The number of fused-ring (bicyclic) bond motifs is 1. The Hall–Kier alpha value is -2.69. The Morgan fingerprint density at radius 3 is 2.85 bits per heavy atom. The van der Waals surface area contributed by atoms with E-state index in [-0.39, 0.29) is 17.9 Å². The molecule has 1 aromatic heterocycles. The summed E-state index contributed by atoms with van der Waals surface area (Å²) in [6.07, 6.45) is 1.46. The third kappa shape index (κ3) is 2.25. The van der Waals surface area contributed by atoms with Crippen LogP contribution in [0.25, 0.3) is 10.9 Å². The van der Waals surface area contributed by atoms with Gasteiger partial charge in [-0.2, -0.15) is 0 Å². The lowest BCUT2D eigenvalue weighted by Gasteiger charge is -2.07. The molecule has 0 fully saturated rings. The first-order chi connectivity index (χ1) is 9.63. The van der Waals surface area contributed by atoms with Gasteiger partial charge in [-0.25, -0.2) is 9.37 Å². The van der Waals surface area contributed by atoms with Crippen LogP contribution in [0.5, 0.6) is 0 Å². The van der Waals surface area contributed by atoms with E-state index >= 15 is 0 Å². The fraction of sp³-hybridized carbons (Fsp3) is 0.0667. The Balaban J connectivity index is 2.08. The third-order valence-electron chi connectivity index (χ3n) is 3.09. The molecule has 0 atom stereocenters. The smallest absolute Gasteiger partial charge is 0.261 e. The number of hydrogen-bond acceptors (Lipinski definition) is 3. The van der Waals surface area contributed by atoms with Crippen LogP contribution in [0, 0.1) is 5.82 Å². The predicted molar refractivity (Wildman–Crippen MR) is 75.9 cm³/mol. The van der Waals surface area contributed by atoms with Crippen molar-refractivity contribution < 1.29 is 4.39 Å². The van der Waals surface area contributed by atoms with Crippen LogP contribution in [0.3, 0.4) is 0 Å². The minimum Gasteiger partial charge on any atom is -0.399 e. The SMILES string of the molecule is Nc1ccc2ncn(Cc3cccc(F)c3)c(=O)c2c1. The van der Waals surface area contributed by atoms with Gasteiger partial charge in [-0.3, -0.25) is 9.36 Å². The molecule has 0 aliphatic rings. The second-order valence-corrected chi connectivity index (χ2v) is 4.58. The molecule has 0 saturated carbocycles. The highest BCUT2D eigenvalue weighted by molar-refractivity contribution is 5.80. The molecule has 3 rings (SSSR count). The zero-order valence-corrected chi connectivity index (χ0v) is 10.6. The van der Waals surface area contributed by atoms with Gasteiger partial charge in [-0.05, 0) is 35.9 Å². The molecule has 20 heavy (non-hydrogen) atoms. The van der Waals surface area contributed by atoms with Gasteiger partial charge in [0.1, 0.15) is 5.82 Å². The molecule has 0 bridgehead atoms. The van der Waals surface area contributed by atoms with Crippen molar-refractivity contribution in [1.82, 2.24) is 9.55 Å². The molecule has 2 N–H and O–H groups in total. The average Bonchev–Trinajstić information content (AvgIpc) is 2.43. The fourth-order valence-corrected chi connectivity index (χ4v) is 2.12. The van der Waals surface area contributed by atoms with Gasteiger partial charge >= 0.3 is 0 Å². The summed E-state index contributed by atoms with van der Waals surface area (Å²) >= 11 is 0. The first-order valence-corrected chi connectivity index (χ1v) is 6.12. The number of nitrogens with zero attached hydrogens (tertiary/aromatic N) is 2. The average molecular weight is 269 g/mol. The van der Waals surface area contributed by atoms with Crippen LogP contribution in [-0.4, -0.2) is 9.55 Å². The molecule has 3 aromatic rings. The first kappa shape index (κ1) is 12.3. The van der Waals surface area contributed by atoms with Crippen molar-refractivity contribution in [2.45, 2.75) is 6.54 Å². The predicted octanol–water partition coefficient (Wildman–Crippen LogP) is 2.17. The lowest BCUT2D eigenvalue weighted by Crippen LogP contribution is -2.21. The minimum absolute atomic E-state index is 0.188. The molecule has 100 valence electrons. The van der Waals surface area contributed by atoms with Gasteiger partial charge in [0.2, 0.25) is 0 Å². The van der Waals surface area contributed by atoms with E-state index in [0.717, 1.165) is 0 Å². The number of aromatic nitrogens is 2. The molecule has 0 aliphatic carbocycles. The molecule has 0 amide bonds. The van der Waals surface area contributed by atoms with E-state index in [4.69, 9.17) is 5.73 Å². The molecule has 5 heteroatoms. The Bertz CT molecular complexity index is 842. The van der Waals surface area contributed by atoms with E-state index < -0.39 is 0 Å². The lowest BCUT2D eigenvalue weighted by molar-refractivity contribution is 0.622. The number of benzene rings is 2. The van der Waals surface area contributed by atoms with Crippen molar-refractivity contribution in [2.24, 2.45) is 0 Å². The number of rotatable bonds is 2. The second-order valence-electron chi connectivity index (χ2n) is 4.58. The summed E-state index contributed by atoms with van der Waals surface area (Å²) in [4.78, 5) is 16.6. The van der Waals surface area contributed by atoms with E-state index in [0.29, 0.717) is 22.2 Å². The van der Waals surface area contributed by atoms with Gasteiger partial charge in [0, 0.05) is 5.69 Å². The largest absolute Gasteiger partial charge is 0.399 e. The molecule has 0 saturated heterocycles. The van der Waals surface area contributed by atoms with Crippen molar-refractivity contribution in [3.63, 3.8) is 0 Å². The van der Waals surface area contributed by atoms with Crippen molar-refractivity contribution in [1.29, 1.82) is 0 Å². The van der Waals surface area contributed by atoms with E-state index in [1.165, 1.54) is 23.0 Å². The Morgan fingerprint density at radius 2 is 2.05 bits per heavy atom. The molecule has 0 aliphatic heterocycles. The summed E-state index contributed by atoms with van der Waals surface area (Å²) < 4.78 is 14.6. The minimum atomic E-state index is -0.325. The van der Waals surface area contributed by atoms with Crippen molar-refractivity contribution in [3.05, 3.63) is 70.5 Å². The highest BCUT2D eigenvalue weighted by Crippen LogP contribution is 2.12. The summed E-state index contributed by atoms with van der Waals surface area (Å²) in [6, 6.07) is 11.2. The van der Waals surface area contributed by atoms with Crippen molar-refractivity contribution in [3.8, 4) is 0 Å². The van der Waals surface area contributed by atoms with E-state index in [1.807, 2.05) is 0 Å². The van der Waals surface area contributed by atoms with Crippen molar-refractivity contribution in [2.75, 3.05) is 5.73 Å². The highest BCUT2D eigenvalue weighted by atomic mass is 19.1. The summed E-state index contributed by atoms with van der Waals surface area (Å²) in [5.74, 6) is -0.325. The Morgan fingerprint density at radius 1 is 1.20 bits per heavy atom. The zero-order valence-electron chi connectivity index (χ0n) is 10.6. The maximum Gasteiger partial charge on any atom is 0.261 e. The number of halogens is 1. The molecular formula is C15H12FN3O. The standard InChI is InChI=1S/C15H12FN3O/c16-11-3-1-2-10(6-11)8-19-9-18-14-5-4-12(17)7-13(14)15(19)20/h1-7,9H,8,17H2. The molecule has 1 heterocycles. The zero-order chi connectivity index (χ0) is 14.1. The monoisotopic (exact) mass is 269 g/mol. The number of hydrogen-bond donors (Lipinski definition) is 1. The second kappa shape index (κ2) is 4.77. The van der Waals surface area contributed by atoms with Gasteiger partial charge in [0.25, 0.3) is 5.56 Å². The van der Waals surface area contributed by atoms with Gasteiger partial charge in [0.05, 0.1) is 23.8 Å². The van der Waals surface area contributed by atoms with Crippen molar-refractivity contribution >= 4 is 16.6 Å². The van der Waals surface area contributed by atoms with Crippen LogP contribution in [0.2, 0.25) is 0 Å². The maximum atomic E-state index is 13.2. The van der Waals surface area contributed by atoms with Crippen LogP contribution >= 0.6 is 0 Å². The van der Waals surface area contributed by atoms with Crippen LogP contribution in [-0.2, 0) is 6.54 Å². The first-order valence-electron chi connectivity index (χ1n) is 6.12. The quantitative estimate of drug-likeness (QED) is 0.725. The van der Waals surface area contributed by atoms with Crippen LogP contribution in [0.4, 0.5) is 10.1 Å². The lowest BCUT2D eigenvalue weighted by atomic mass is 10.2. The van der Waals surface area contributed by atoms with Gasteiger partial charge < -0.3 is 5.73 Å². The molecular weight excluding hydrogens is 257 g/mol. The molecule has 0 radical (unpaired) electrons. The molecule has 2 aromatic carbocycles. The van der Waals surface area contributed by atoms with Crippen LogP contribution in [0.1, 0.15) is 5.56 Å². The van der Waals surface area contributed by atoms with Gasteiger partial charge in [-0.15, -0.1) is 0 Å². The molecule has 0 spiro atoms. The summed E-state index contributed by atoms with van der Waals surface area (Å²) in [7, 11) is 0. The van der Waals surface area contributed by atoms with Gasteiger partial charge in [-0.1, -0.05) is 12.1 Å². The maximum absolute atomic E-state index is 13.2. The van der Waals surface area contributed by atoms with E-state index in [9.17, 15) is 9.18 Å². The van der Waals surface area contributed by atoms with Crippen LogP contribution in [0.15, 0.2) is 53.6 Å². The third-order valence-corrected chi connectivity index (χ3v) is 3.09. The number of anilines is 1. The Kier molecular flexibility index (Phi) is 2.95. The fourth-order valence-electron chi connectivity index (χ4n) is 2.12. The Labute approximate surface area is 114 Å². The molecule has 4 nitrogen and oxygen atoms in total. The highest BCUT2D eigenvalue weighted by Gasteiger charge is 2.05.